The molecular weight excluding hydrogens is 182 g/mol. The highest BCUT2D eigenvalue weighted by Gasteiger charge is 2.40. The molecule has 0 spiro atoms. The summed E-state index contributed by atoms with van der Waals surface area (Å²) >= 11 is 5.81. The molecule has 1 fully saturated rings. The van der Waals surface area contributed by atoms with Gasteiger partial charge in [-0.15, -0.1) is 0 Å². The van der Waals surface area contributed by atoms with Crippen LogP contribution < -0.4 is 5.73 Å². The Morgan fingerprint density at radius 2 is 2.00 bits per heavy atom. The molecule has 70 valence electrons. The van der Waals surface area contributed by atoms with Gasteiger partial charge in [0.1, 0.15) is 0 Å². The van der Waals surface area contributed by atoms with Gasteiger partial charge in [-0.25, -0.2) is 0 Å². The minimum absolute atomic E-state index is 0.320. The van der Waals surface area contributed by atoms with Crippen molar-refractivity contribution in [3.8, 4) is 0 Å². The van der Waals surface area contributed by atoms with Crippen molar-refractivity contribution in [2.75, 3.05) is 0 Å². The van der Waals surface area contributed by atoms with Crippen LogP contribution in [0, 0.1) is 5.92 Å². The summed E-state index contributed by atoms with van der Waals surface area (Å²) in [6.45, 7) is 2.08. The maximum Gasteiger partial charge on any atom is 0.0406 e. The third-order valence-corrected chi connectivity index (χ3v) is 3.07. The maximum absolute atomic E-state index is 5.83. The lowest BCUT2D eigenvalue weighted by Crippen LogP contribution is -2.17. The fourth-order valence-electron chi connectivity index (χ4n) is 1.89. The summed E-state index contributed by atoms with van der Waals surface area (Å²) in [7, 11) is 0. The Bertz CT molecular complexity index is 291. The van der Waals surface area contributed by atoms with Crippen molar-refractivity contribution in [1.29, 1.82) is 0 Å². The smallest absolute Gasteiger partial charge is 0.0406 e. The fourth-order valence-corrected chi connectivity index (χ4v) is 2.01. The Hall–Kier alpha value is -0.530. The number of halogens is 1. The van der Waals surface area contributed by atoms with Gasteiger partial charge < -0.3 is 5.73 Å². The minimum atomic E-state index is 0.320. The van der Waals surface area contributed by atoms with E-state index in [9.17, 15) is 0 Å². The minimum Gasteiger partial charge on any atom is -0.328 e. The van der Waals surface area contributed by atoms with Crippen molar-refractivity contribution >= 4 is 11.6 Å². The maximum atomic E-state index is 5.83. The van der Waals surface area contributed by atoms with Gasteiger partial charge in [0.25, 0.3) is 0 Å². The molecule has 0 radical (unpaired) electrons. The summed E-state index contributed by atoms with van der Waals surface area (Å²) in [5.74, 6) is 1.36. The summed E-state index contributed by atoms with van der Waals surface area (Å²) in [4.78, 5) is 0. The number of rotatable bonds is 2. The number of nitrogens with two attached hydrogens (primary N) is 1. The van der Waals surface area contributed by atoms with Crippen molar-refractivity contribution in [2.45, 2.75) is 25.3 Å². The van der Waals surface area contributed by atoms with Gasteiger partial charge in [-0.1, -0.05) is 23.7 Å². The normalized spacial score (nSPS) is 28.5. The van der Waals surface area contributed by atoms with E-state index < -0.39 is 0 Å². The average molecular weight is 196 g/mol. The lowest BCUT2D eigenvalue weighted by Gasteiger charge is -2.03. The van der Waals surface area contributed by atoms with E-state index in [0.717, 1.165) is 5.02 Å². The predicted octanol–water partition coefficient (Wildman–Crippen LogP) is 2.79. The highest BCUT2D eigenvalue weighted by Crippen LogP contribution is 2.48. The van der Waals surface area contributed by atoms with Gasteiger partial charge >= 0.3 is 0 Å². The standard InChI is InChI=1S/C11H14ClN/c1-7(13)10-6-11(10)8-2-4-9(12)5-3-8/h2-5,7,10-11H,6,13H2,1H3/t7-,10-,11-/m1/s1. The first-order chi connectivity index (χ1) is 6.18. The van der Waals surface area contributed by atoms with Crippen molar-refractivity contribution in [2.24, 2.45) is 11.7 Å². The monoisotopic (exact) mass is 195 g/mol. The second-order valence-electron chi connectivity index (χ2n) is 3.92. The van der Waals surface area contributed by atoms with E-state index in [1.54, 1.807) is 0 Å². The van der Waals surface area contributed by atoms with E-state index in [-0.39, 0.29) is 0 Å². The molecular formula is C11H14ClN. The van der Waals surface area contributed by atoms with Gasteiger partial charge in [0.05, 0.1) is 0 Å². The van der Waals surface area contributed by atoms with Crippen LogP contribution >= 0.6 is 11.6 Å². The molecule has 1 saturated carbocycles. The Balaban J connectivity index is 2.08. The first-order valence-corrected chi connectivity index (χ1v) is 5.07. The summed E-state index contributed by atoms with van der Waals surface area (Å²) in [6.07, 6.45) is 1.24. The van der Waals surface area contributed by atoms with E-state index in [0.29, 0.717) is 17.9 Å². The van der Waals surface area contributed by atoms with Gasteiger partial charge in [0.2, 0.25) is 0 Å². The van der Waals surface area contributed by atoms with E-state index in [1.807, 2.05) is 12.1 Å². The first kappa shape index (κ1) is 9.04. The fraction of sp³-hybridized carbons (Fsp3) is 0.455. The lowest BCUT2D eigenvalue weighted by atomic mass is 10.1. The van der Waals surface area contributed by atoms with Crippen molar-refractivity contribution in [3.05, 3.63) is 34.9 Å². The van der Waals surface area contributed by atoms with E-state index in [1.165, 1.54) is 12.0 Å². The molecule has 0 aliphatic heterocycles. The molecule has 0 amide bonds. The summed E-state index contributed by atoms with van der Waals surface area (Å²) in [6, 6.07) is 8.44. The zero-order valence-electron chi connectivity index (χ0n) is 7.70. The molecule has 13 heavy (non-hydrogen) atoms. The van der Waals surface area contributed by atoms with Gasteiger partial charge in [-0.3, -0.25) is 0 Å². The summed E-state index contributed by atoms with van der Waals surface area (Å²) in [5.41, 5.74) is 7.21. The van der Waals surface area contributed by atoms with E-state index in [2.05, 4.69) is 19.1 Å². The van der Waals surface area contributed by atoms with Crippen LogP contribution in [0.15, 0.2) is 24.3 Å². The molecule has 1 aromatic carbocycles. The van der Waals surface area contributed by atoms with E-state index >= 15 is 0 Å². The predicted molar refractivity (Wildman–Crippen MR) is 55.9 cm³/mol. The van der Waals surface area contributed by atoms with Crippen molar-refractivity contribution < 1.29 is 0 Å². The molecule has 0 unspecified atom stereocenters. The molecule has 0 aromatic heterocycles. The van der Waals surface area contributed by atoms with Crippen LogP contribution in [0.4, 0.5) is 0 Å². The molecule has 1 nitrogen and oxygen atoms in total. The molecule has 2 N–H and O–H groups in total. The number of benzene rings is 1. The van der Waals surface area contributed by atoms with Gasteiger partial charge in [-0.05, 0) is 42.9 Å². The molecule has 1 aromatic rings. The Morgan fingerprint density at radius 3 is 2.46 bits per heavy atom. The van der Waals surface area contributed by atoms with Crippen LogP contribution in [0.2, 0.25) is 5.02 Å². The summed E-state index contributed by atoms with van der Waals surface area (Å²) < 4.78 is 0. The molecule has 2 heteroatoms. The molecule has 0 saturated heterocycles. The quantitative estimate of drug-likeness (QED) is 0.772. The van der Waals surface area contributed by atoms with Crippen LogP contribution in [0.1, 0.15) is 24.8 Å². The van der Waals surface area contributed by atoms with Crippen LogP contribution in [-0.2, 0) is 0 Å². The second kappa shape index (κ2) is 3.32. The number of hydrogen-bond donors (Lipinski definition) is 1. The second-order valence-corrected chi connectivity index (χ2v) is 4.35. The van der Waals surface area contributed by atoms with Gasteiger partial charge in [0, 0.05) is 11.1 Å². The third-order valence-electron chi connectivity index (χ3n) is 2.81. The van der Waals surface area contributed by atoms with Crippen LogP contribution in [0.3, 0.4) is 0 Å². The van der Waals surface area contributed by atoms with Crippen LogP contribution in [0.5, 0.6) is 0 Å². The average Bonchev–Trinajstić information content (AvgIpc) is 2.85. The van der Waals surface area contributed by atoms with Crippen molar-refractivity contribution in [3.63, 3.8) is 0 Å². The molecule has 1 aliphatic rings. The van der Waals surface area contributed by atoms with Crippen LogP contribution in [-0.4, -0.2) is 6.04 Å². The molecule has 1 aliphatic carbocycles. The molecule has 0 heterocycles. The van der Waals surface area contributed by atoms with Gasteiger partial charge in [-0.2, -0.15) is 0 Å². The number of hydrogen-bond acceptors (Lipinski definition) is 1. The molecule has 0 bridgehead atoms. The summed E-state index contributed by atoms with van der Waals surface area (Å²) in [5, 5.41) is 0.807. The lowest BCUT2D eigenvalue weighted by molar-refractivity contribution is 0.631. The Kier molecular flexibility index (Phi) is 2.31. The van der Waals surface area contributed by atoms with E-state index in [4.69, 9.17) is 17.3 Å². The van der Waals surface area contributed by atoms with Crippen molar-refractivity contribution in [1.82, 2.24) is 0 Å². The topological polar surface area (TPSA) is 26.0 Å². The Morgan fingerprint density at radius 1 is 1.38 bits per heavy atom. The first-order valence-electron chi connectivity index (χ1n) is 4.69. The zero-order chi connectivity index (χ0) is 9.42. The van der Waals surface area contributed by atoms with Crippen LogP contribution in [0.25, 0.3) is 0 Å². The third kappa shape index (κ3) is 1.87. The Labute approximate surface area is 83.9 Å². The zero-order valence-corrected chi connectivity index (χ0v) is 8.46. The highest BCUT2D eigenvalue weighted by atomic mass is 35.5. The van der Waals surface area contributed by atoms with Gasteiger partial charge in [0.15, 0.2) is 0 Å². The largest absolute Gasteiger partial charge is 0.328 e. The molecule has 3 atom stereocenters. The SMILES string of the molecule is C[C@@H](N)[C@H]1C[C@@H]1c1ccc(Cl)cc1. The molecule has 2 rings (SSSR count). The highest BCUT2D eigenvalue weighted by molar-refractivity contribution is 6.30.